The van der Waals surface area contributed by atoms with Crippen molar-refractivity contribution in [2.45, 2.75) is 4.90 Å². The third-order valence-electron chi connectivity index (χ3n) is 3.31. The summed E-state index contributed by atoms with van der Waals surface area (Å²) in [4.78, 5) is 12.9. The Bertz CT molecular complexity index is 737. The summed E-state index contributed by atoms with van der Waals surface area (Å²) < 4.78 is 18.9. The van der Waals surface area contributed by atoms with Crippen molar-refractivity contribution in [2.75, 3.05) is 12.9 Å². The predicted molar refractivity (Wildman–Crippen MR) is 82.4 cm³/mol. The minimum atomic E-state index is -0.328. The summed E-state index contributed by atoms with van der Waals surface area (Å²) in [5.74, 6) is 0.785. The summed E-state index contributed by atoms with van der Waals surface area (Å²) in [5.41, 5.74) is 2.02. The molecule has 2 aromatic carbocycles. The van der Waals surface area contributed by atoms with Gasteiger partial charge in [0.15, 0.2) is 5.78 Å². The lowest BCUT2D eigenvalue weighted by Crippen LogP contribution is -2.13. The second kappa shape index (κ2) is 5.74. The minimum Gasteiger partial charge on any atom is -0.497 e. The number of hydrogen-bond donors (Lipinski definition) is 0. The molecule has 1 aliphatic heterocycles. The van der Waals surface area contributed by atoms with Gasteiger partial charge in [0.1, 0.15) is 11.6 Å². The number of ketones is 1. The van der Waals surface area contributed by atoms with Gasteiger partial charge in [-0.05, 0) is 35.9 Å². The molecule has 0 spiro atoms. The van der Waals surface area contributed by atoms with E-state index in [2.05, 4.69) is 0 Å². The van der Waals surface area contributed by atoms with Crippen LogP contribution in [0.2, 0.25) is 0 Å². The Morgan fingerprint density at radius 3 is 2.86 bits per heavy atom. The van der Waals surface area contributed by atoms with Gasteiger partial charge in [-0.1, -0.05) is 18.2 Å². The van der Waals surface area contributed by atoms with E-state index >= 15 is 0 Å². The second-order valence-corrected chi connectivity index (χ2v) is 5.67. The van der Waals surface area contributed by atoms with Gasteiger partial charge in [-0.3, -0.25) is 4.79 Å². The number of ether oxygens (including phenoxy) is 1. The van der Waals surface area contributed by atoms with Crippen molar-refractivity contribution in [2.24, 2.45) is 0 Å². The van der Waals surface area contributed by atoms with Crippen molar-refractivity contribution in [3.63, 3.8) is 0 Å². The van der Waals surface area contributed by atoms with E-state index < -0.39 is 0 Å². The van der Waals surface area contributed by atoms with Gasteiger partial charge in [-0.25, -0.2) is 4.39 Å². The molecule has 2 aromatic rings. The highest BCUT2D eigenvalue weighted by Crippen LogP contribution is 2.35. The normalized spacial score (nSPS) is 15.9. The Hall–Kier alpha value is -2.07. The first kappa shape index (κ1) is 13.9. The monoisotopic (exact) mass is 300 g/mol. The van der Waals surface area contributed by atoms with E-state index in [1.807, 2.05) is 30.3 Å². The van der Waals surface area contributed by atoms with Crippen molar-refractivity contribution in [3.8, 4) is 5.75 Å². The largest absolute Gasteiger partial charge is 0.497 e. The molecule has 0 bridgehead atoms. The van der Waals surface area contributed by atoms with Gasteiger partial charge >= 0.3 is 0 Å². The Balaban J connectivity index is 1.98. The number of hydrogen-bond acceptors (Lipinski definition) is 3. The molecule has 0 amide bonds. The average molecular weight is 300 g/mol. The van der Waals surface area contributed by atoms with Crippen LogP contribution in [0.15, 0.2) is 52.9 Å². The maximum atomic E-state index is 13.7. The number of halogens is 1. The van der Waals surface area contributed by atoms with Crippen LogP contribution >= 0.6 is 11.8 Å². The van der Waals surface area contributed by atoms with Gasteiger partial charge in [0.2, 0.25) is 0 Å². The fraction of sp³-hybridized carbons (Fsp3) is 0.118. The fourth-order valence-electron chi connectivity index (χ4n) is 2.26. The van der Waals surface area contributed by atoms with Crippen LogP contribution < -0.4 is 4.74 Å². The molecular formula is C17H13FO2S. The topological polar surface area (TPSA) is 26.3 Å². The molecule has 1 heterocycles. The van der Waals surface area contributed by atoms with Crippen LogP contribution in [0.3, 0.4) is 0 Å². The lowest BCUT2D eigenvalue weighted by Gasteiger charge is -2.17. The lowest BCUT2D eigenvalue weighted by atomic mass is 10.0. The molecule has 0 radical (unpaired) electrons. The molecule has 0 aliphatic carbocycles. The number of thioether (sulfide) groups is 1. The van der Waals surface area contributed by atoms with E-state index in [1.165, 1.54) is 17.8 Å². The number of carbonyl (C=O) groups excluding carboxylic acids is 1. The second-order valence-electron chi connectivity index (χ2n) is 4.68. The molecule has 0 saturated carbocycles. The zero-order valence-corrected chi connectivity index (χ0v) is 12.2. The summed E-state index contributed by atoms with van der Waals surface area (Å²) in [5, 5.41) is 0. The van der Waals surface area contributed by atoms with E-state index in [0.717, 1.165) is 11.3 Å². The van der Waals surface area contributed by atoms with Crippen LogP contribution in [0.4, 0.5) is 4.39 Å². The van der Waals surface area contributed by atoms with Crippen molar-refractivity contribution >= 4 is 23.6 Å². The van der Waals surface area contributed by atoms with Gasteiger partial charge in [0.05, 0.1) is 12.0 Å². The van der Waals surface area contributed by atoms with Crippen molar-refractivity contribution in [3.05, 3.63) is 65.0 Å². The third kappa shape index (κ3) is 2.72. The summed E-state index contributed by atoms with van der Waals surface area (Å²) in [7, 11) is 1.60. The number of rotatable bonds is 2. The SMILES string of the molecule is COc1cccc(/C=C2\CSc3c(F)cccc3C2=O)c1. The Morgan fingerprint density at radius 1 is 1.24 bits per heavy atom. The third-order valence-corrected chi connectivity index (χ3v) is 4.47. The van der Waals surface area contributed by atoms with Crippen LogP contribution in [0.1, 0.15) is 15.9 Å². The molecule has 0 unspecified atom stereocenters. The molecule has 0 saturated heterocycles. The molecule has 0 N–H and O–H groups in total. The highest BCUT2D eigenvalue weighted by Gasteiger charge is 2.24. The first-order chi connectivity index (χ1) is 10.2. The quantitative estimate of drug-likeness (QED) is 0.777. The standard InChI is InChI=1S/C17H13FO2S/c1-20-13-5-2-4-11(9-13)8-12-10-21-17-14(16(12)19)6-3-7-15(17)18/h2-9H,10H2,1H3/b12-8+. The number of Topliss-reactive ketones (excluding diaryl/α,β-unsaturated/α-hetero) is 1. The average Bonchev–Trinajstić information content (AvgIpc) is 2.51. The van der Waals surface area contributed by atoms with E-state index in [4.69, 9.17) is 4.74 Å². The van der Waals surface area contributed by atoms with Gasteiger partial charge in [0.25, 0.3) is 0 Å². The van der Waals surface area contributed by atoms with Crippen LogP contribution in [0.5, 0.6) is 5.75 Å². The zero-order valence-electron chi connectivity index (χ0n) is 11.4. The van der Waals surface area contributed by atoms with Gasteiger partial charge in [-0.15, -0.1) is 11.8 Å². The summed E-state index contributed by atoms with van der Waals surface area (Å²) >= 11 is 1.36. The maximum absolute atomic E-state index is 13.7. The van der Waals surface area contributed by atoms with E-state index in [-0.39, 0.29) is 11.6 Å². The number of fused-ring (bicyclic) bond motifs is 1. The Kier molecular flexibility index (Phi) is 3.80. The number of carbonyl (C=O) groups is 1. The van der Waals surface area contributed by atoms with Gasteiger partial charge in [0, 0.05) is 16.9 Å². The highest BCUT2D eigenvalue weighted by atomic mass is 32.2. The molecule has 4 heteroatoms. The lowest BCUT2D eigenvalue weighted by molar-refractivity contribution is 0.103. The molecule has 0 fully saturated rings. The molecular weight excluding hydrogens is 287 g/mol. The van der Waals surface area contributed by atoms with Gasteiger partial charge in [-0.2, -0.15) is 0 Å². The molecule has 106 valence electrons. The zero-order chi connectivity index (χ0) is 14.8. The number of methoxy groups -OCH3 is 1. The predicted octanol–water partition coefficient (Wildman–Crippen LogP) is 4.21. The molecule has 0 aromatic heterocycles. The summed E-state index contributed by atoms with van der Waals surface area (Å²) in [6.45, 7) is 0. The van der Waals surface area contributed by atoms with Crippen LogP contribution in [0, 0.1) is 5.82 Å². The van der Waals surface area contributed by atoms with E-state index in [9.17, 15) is 9.18 Å². The summed E-state index contributed by atoms with van der Waals surface area (Å²) in [6, 6.07) is 12.1. The number of benzene rings is 2. The summed E-state index contributed by atoms with van der Waals surface area (Å²) in [6.07, 6.45) is 1.84. The Morgan fingerprint density at radius 2 is 2.05 bits per heavy atom. The van der Waals surface area contributed by atoms with Crippen molar-refractivity contribution in [1.29, 1.82) is 0 Å². The van der Waals surface area contributed by atoms with Crippen molar-refractivity contribution < 1.29 is 13.9 Å². The maximum Gasteiger partial charge on any atom is 0.191 e. The van der Waals surface area contributed by atoms with Gasteiger partial charge < -0.3 is 4.74 Å². The molecule has 1 aliphatic rings. The molecule has 2 nitrogen and oxygen atoms in total. The van der Waals surface area contributed by atoms with Crippen molar-refractivity contribution in [1.82, 2.24) is 0 Å². The minimum absolute atomic E-state index is 0.105. The first-order valence-corrected chi connectivity index (χ1v) is 7.48. The van der Waals surface area contributed by atoms with E-state index in [0.29, 0.717) is 21.8 Å². The Labute approximate surface area is 126 Å². The van der Waals surface area contributed by atoms with Crippen LogP contribution in [-0.2, 0) is 0 Å². The highest BCUT2D eigenvalue weighted by molar-refractivity contribution is 7.99. The fourth-order valence-corrected chi connectivity index (χ4v) is 3.30. The molecule has 0 atom stereocenters. The smallest absolute Gasteiger partial charge is 0.191 e. The molecule has 3 rings (SSSR count). The van der Waals surface area contributed by atoms with Crippen LogP contribution in [0.25, 0.3) is 6.08 Å². The van der Waals surface area contributed by atoms with E-state index in [1.54, 1.807) is 19.2 Å². The molecule has 21 heavy (non-hydrogen) atoms. The first-order valence-electron chi connectivity index (χ1n) is 6.49. The van der Waals surface area contributed by atoms with Crippen LogP contribution in [-0.4, -0.2) is 18.6 Å².